The molecule has 0 spiro atoms. The van der Waals surface area contributed by atoms with Crippen molar-refractivity contribution in [3.63, 3.8) is 0 Å². The van der Waals surface area contributed by atoms with E-state index in [0.717, 1.165) is 23.5 Å². The molecule has 0 bridgehead atoms. The Morgan fingerprint density at radius 3 is 2.79 bits per heavy atom. The fourth-order valence-corrected chi connectivity index (χ4v) is 3.04. The summed E-state index contributed by atoms with van der Waals surface area (Å²) in [5, 5.41) is 11.6. The molecule has 0 saturated carbocycles. The normalized spacial score (nSPS) is 12.9. The minimum absolute atomic E-state index is 0.195. The summed E-state index contributed by atoms with van der Waals surface area (Å²) in [6.07, 6.45) is 5.78. The van der Waals surface area contributed by atoms with Crippen molar-refractivity contribution in [2.24, 2.45) is 5.92 Å². The summed E-state index contributed by atoms with van der Waals surface area (Å²) in [6.45, 7) is 0.195. The lowest BCUT2D eigenvalue weighted by molar-refractivity contribution is 0.224. The number of aliphatic hydroxyl groups excluding tert-OH is 1. The summed E-state index contributed by atoms with van der Waals surface area (Å²) in [5.74, 6) is 0.229. The molecular weight excluding hydrogens is 256 g/mol. The smallest absolute Gasteiger partial charge is 0.193 e. The topological polar surface area (TPSA) is 37.5 Å². The Kier molecular flexibility index (Phi) is 3.62. The van der Waals surface area contributed by atoms with Gasteiger partial charge >= 0.3 is 0 Å². The van der Waals surface area contributed by atoms with Gasteiger partial charge in [-0.1, -0.05) is 30.3 Å². The zero-order chi connectivity index (χ0) is 13.1. The van der Waals surface area contributed by atoms with E-state index in [2.05, 4.69) is 23.3 Å². The third kappa shape index (κ3) is 2.85. The molecule has 1 aromatic carbocycles. The third-order valence-electron chi connectivity index (χ3n) is 3.27. The fraction of sp³-hybridized carbons (Fsp3) is 0.267. The van der Waals surface area contributed by atoms with Gasteiger partial charge in [-0.15, -0.1) is 11.3 Å². The molecule has 3 nitrogen and oxygen atoms in total. The van der Waals surface area contributed by atoms with Gasteiger partial charge in [-0.05, 0) is 24.3 Å². The molecule has 0 saturated heterocycles. The highest BCUT2D eigenvalue weighted by molar-refractivity contribution is 7.15. The summed E-state index contributed by atoms with van der Waals surface area (Å²) in [4.78, 5) is 5.59. The maximum Gasteiger partial charge on any atom is 0.193 e. The first-order valence-electron chi connectivity index (χ1n) is 6.41. The quantitative estimate of drug-likeness (QED) is 0.775. The van der Waals surface area contributed by atoms with Gasteiger partial charge in [0.25, 0.3) is 0 Å². The van der Waals surface area contributed by atoms with E-state index in [9.17, 15) is 5.11 Å². The van der Waals surface area contributed by atoms with Gasteiger partial charge in [0.2, 0.25) is 0 Å². The predicted molar refractivity (Wildman–Crippen MR) is 77.5 cm³/mol. The summed E-state index contributed by atoms with van der Waals surface area (Å²) < 4.78 is 2.04. The number of benzene rings is 1. The average Bonchev–Trinajstić information content (AvgIpc) is 3.00. The summed E-state index contributed by atoms with van der Waals surface area (Å²) in [5.41, 5.74) is 2.32. The van der Waals surface area contributed by atoms with Crippen molar-refractivity contribution in [3.05, 3.63) is 59.4 Å². The SMILES string of the molecule is OCC(Cc1ccccc1)Cc1cn2ccsc2n1. The predicted octanol–water partition coefficient (Wildman–Crippen LogP) is 2.79. The van der Waals surface area contributed by atoms with Crippen molar-refractivity contribution in [1.82, 2.24) is 9.38 Å². The molecule has 0 aliphatic rings. The second-order valence-corrected chi connectivity index (χ2v) is 5.64. The van der Waals surface area contributed by atoms with Gasteiger partial charge in [0.15, 0.2) is 4.96 Å². The number of nitrogens with zero attached hydrogens (tertiary/aromatic N) is 2. The molecule has 3 aromatic rings. The molecule has 0 aliphatic heterocycles. The Hall–Kier alpha value is -1.65. The van der Waals surface area contributed by atoms with Crippen LogP contribution in [0.25, 0.3) is 4.96 Å². The second-order valence-electron chi connectivity index (χ2n) is 4.77. The van der Waals surface area contributed by atoms with E-state index in [1.54, 1.807) is 11.3 Å². The van der Waals surface area contributed by atoms with Crippen LogP contribution in [-0.4, -0.2) is 21.1 Å². The molecule has 1 unspecified atom stereocenters. The van der Waals surface area contributed by atoms with Gasteiger partial charge in [0.1, 0.15) is 0 Å². The molecule has 0 radical (unpaired) electrons. The Labute approximate surface area is 116 Å². The van der Waals surface area contributed by atoms with E-state index in [-0.39, 0.29) is 12.5 Å². The van der Waals surface area contributed by atoms with Crippen LogP contribution in [0.5, 0.6) is 0 Å². The van der Waals surface area contributed by atoms with Crippen LogP contribution in [-0.2, 0) is 12.8 Å². The van der Waals surface area contributed by atoms with Gasteiger partial charge in [-0.2, -0.15) is 0 Å². The number of hydrogen-bond acceptors (Lipinski definition) is 3. The molecule has 3 rings (SSSR count). The van der Waals surface area contributed by atoms with Crippen molar-refractivity contribution < 1.29 is 5.11 Å². The van der Waals surface area contributed by atoms with Gasteiger partial charge in [-0.3, -0.25) is 4.40 Å². The molecular formula is C15H16N2OS. The van der Waals surface area contributed by atoms with Gasteiger partial charge < -0.3 is 5.11 Å². The highest BCUT2D eigenvalue weighted by atomic mass is 32.1. The van der Waals surface area contributed by atoms with Crippen LogP contribution in [0.4, 0.5) is 0 Å². The monoisotopic (exact) mass is 272 g/mol. The fourth-order valence-electron chi connectivity index (χ4n) is 2.32. The number of hydrogen-bond donors (Lipinski definition) is 1. The van der Waals surface area contributed by atoms with E-state index in [1.165, 1.54) is 5.56 Å². The van der Waals surface area contributed by atoms with E-state index < -0.39 is 0 Å². The van der Waals surface area contributed by atoms with Gasteiger partial charge in [0, 0.05) is 24.4 Å². The van der Waals surface area contributed by atoms with Crippen molar-refractivity contribution in [3.8, 4) is 0 Å². The van der Waals surface area contributed by atoms with E-state index in [4.69, 9.17) is 0 Å². The Bertz CT molecular complexity index is 616. The lowest BCUT2D eigenvalue weighted by Gasteiger charge is -2.12. The summed E-state index contributed by atoms with van der Waals surface area (Å²) in [7, 11) is 0. The van der Waals surface area contributed by atoms with E-state index >= 15 is 0 Å². The van der Waals surface area contributed by atoms with Crippen molar-refractivity contribution in [2.75, 3.05) is 6.61 Å². The van der Waals surface area contributed by atoms with Crippen LogP contribution >= 0.6 is 11.3 Å². The first-order valence-corrected chi connectivity index (χ1v) is 7.29. The Balaban J connectivity index is 1.71. The Morgan fingerprint density at radius 1 is 1.21 bits per heavy atom. The molecule has 2 heterocycles. The lowest BCUT2D eigenvalue weighted by Crippen LogP contribution is -2.13. The minimum atomic E-state index is 0.195. The van der Waals surface area contributed by atoms with Gasteiger partial charge in [0.05, 0.1) is 5.69 Å². The molecule has 4 heteroatoms. The maximum atomic E-state index is 9.54. The molecule has 0 aliphatic carbocycles. The van der Waals surface area contributed by atoms with E-state index in [1.807, 2.05) is 34.2 Å². The second kappa shape index (κ2) is 5.55. The first kappa shape index (κ1) is 12.4. The molecule has 1 N–H and O–H groups in total. The highest BCUT2D eigenvalue weighted by Crippen LogP contribution is 2.17. The number of imidazole rings is 1. The highest BCUT2D eigenvalue weighted by Gasteiger charge is 2.12. The maximum absolute atomic E-state index is 9.54. The molecule has 1 atom stereocenters. The first-order chi connectivity index (χ1) is 9.35. The lowest BCUT2D eigenvalue weighted by atomic mass is 9.96. The van der Waals surface area contributed by atoms with Crippen LogP contribution in [0.15, 0.2) is 48.1 Å². The van der Waals surface area contributed by atoms with Crippen molar-refractivity contribution in [2.45, 2.75) is 12.8 Å². The van der Waals surface area contributed by atoms with Crippen LogP contribution < -0.4 is 0 Å². The standard InChI is InChI=1S/C15H16N2OS/c18-11-13(8-12-4-2-1-3-5-12)9-14-10-17-6-7-19-15(17)16-14/h1-7,10,13,18H,8-9,11H2. The van der Waals surface area contributed by atoms with Gasteiger partial charge in [-0.25, -0.2) is 4.98 Å². The average molecular weight is 272 g/mol. The summed E-state index contributed by atoms with van der Waals surface area (Å²) in [6, 6.07) is 10.3. The van der Waals surface area contributed by atoms with Crippen molar-refractivity contribution >= 4 is 16.3 Å². The molecule has 19 heavy (non-hydrogen) atoms. The third-order valence-corrected chi connectivity index (χ3v) is 4.04. The number of aliphatic hydroxyl groups is 1. The number of aromatic nitrogens is 2. The molecule has 0 fully saturated rings. The van der Waals surface area contributed by atoms with Crippen LogP contribution in [0.2, 0.25) is 0 Å². The number of fused-ring (bicyclic) bond motifs is 1. The summed E-state index contributed by atoms with van der Waals surface area (Å²) >= 11 is 1.64. The molecule has 98 valence electrons. The largest absolute Gasteiger partial charge is 0.396 e. The minimum Gasteiger partial charge on any atom is -0.396 e. The molecule has 0 amide bonds. The number of thiazole rings is 1. The number of rotatable bonds is 5. The Morgan fingerprint density at radius 2 is 2.05 bits per heavy atom. The van der Waals surface area contributed by atoms with Crippen molar-refractivity contribution in [1.29, 1.82) is 0 Å². The van der Waals surface area contributed by atoms with Crippen LogP contribution in [0.3, 0.4) is 0 Å². The van der Waals surface area contributed by atoms with E-state index in [0.29, 0.717) is 0 Å². The van der Waals surface area contributed by atoms with Crippen LogP contribution in [0.1, 0.15) is 11.3 Å². The zero-order valence-electron chi connectivity index (χ0n) is 10.6. The zero-order valence-corrected chi connectivity index (χ0v) is 11.4. The molecule has 2 aromatic heterocycles. The van der Waals surface area contributed by atoms with Crippen LogP contribution in [0, 0.1) is 5.92 Å².